The first kappa shape index (κ1) is 14.5. The number of carboxylic acids is 1. The van der Waals surface area contributed by atoms with Gasteiger partial charge in [-0.3, -0.25) is 0 Å². The highest BCUT2D eigenvalue weighted by atomic mass is 19.1. The van der Waals surface area contributed by atoms with Gasteiger partial charge in [0, 0.05) is 13.6 Å². The molecule has 0 amide bonds. The van der Waals surface area contributed by atoms with Gasteiger partial charge in [-0.1, -0.05) is 12.1 Å². The molecule has 0 bridgehead atoms. The van der Waals surface area contributed by atoms with Crippen molar-refractivity contribution in [2.45, 2.75) is 6.54 Å². The van der Waals surface area contributed by atoms with Gasteiger partial charge in [-0.2, -0.15) is 5.26 Å². The quantitative estimate of drug-likeness (QED) is 0.937. The highest BCUT2D eigenvalue weighted by Gasteiger charge is 2.09. The van der Waals surface area contributed by atoms with E-state index in [1.807, 2.05) is 11.0 Å². The predicted octanol–water partition coefficient (Wildman–Crippen LogP) is 3.03. The zero-order chi connectivity index (χ0) is 15.4. The average molecular weight is 284 g/mol. The number of halogens is 1. The van der Waals surface area contributed by atoms with Crippen LogP contribution in [0.2, 0.25) is 0 Å². The monoisotopic (exact) mass is 284 g/mol. The van der Waals surface area contributed by atoms with Gasteiger partial charge in [0.1, 0.15) is 11.9 Å². The molecule has 5 heteroatoms. The molecular weight excluding hydrogens is 271 g/mol. The molecule has 4 nitrogen and oxygen atoms in total. The molecule has 2 rings (SSSR count). The second kappa shape index (κ2) is 6.06. The minimum absolute atomic E-state index is 0.223. The van der Waals surface area contributed by atoms with Crippen LogP contribution in [-0.2, 0) is 6.54 Å². The fraction of sp³-hybridized carbons (Fsp3) is 0.125. The van der Waals surface area contributed by atoms with E-state index in [0.29, 0.717) is 12.2 Å². The largest absolute Gasteiger partial charge is 0.478 e. The summed E-state index contributed by atoms with van der Waals surface area (Å²) in [5.41, 5.74) is 2.01. The SMILES string of the molecule is CN(Cc1ccc(C(=O)O)cc1)c1ccc(F)cc1C#N. The van der Waals surface area contributed by atoms with E-state index in [1.54, 1.807) is 25.2 Å². The molecule has 106 valence electrons. The molecule has 0 radical (unpaired) electrons. The molecule has 0 heterocycles. The number of rotatable bonds is 4. The number of benzene rings is 2. The van der Waals surface area contributed by atoms with Crippen LogP contribution in [0.3, 0.4) is 0 Å². The van der Waals surface area contributed by atoms with Gasteiger partial charge in [0.2, 0.25) is 0 Å². The maximum absolute atomic E-state index is 13.1. The van der Waals surface area contributed by atoms with Gasteiger partial charge < -0.3 is 10.0 Å². The third-order valence-electron chi connectivity index (χ3n) is 3.11. The summed E-state index contributed by atoms with van der Waals surface area (Å²) in [7, 11) is 1.79. The average Bonchev–Trinajstić information content (AvgIpc) is 2.47. The number of carboxylic acid groups (broad SMARTS) is 1. The minimum atomic E-state index is -0.972. The van der Waals surface area contributed by atoms with E-state index < -0.39 is 11.8 Å². The molecule has 0 aliphatic rings. The Bertz CT molecular complexity index is 705. The molecule has 0 aliphatic carbocycles. The molecule has 0 saturated carbocycles. The number of carbonyl (C=O) groups is 1. The third-order valence-corrected chi connectivity index (χ3v) is 3.11. The highest BCUT2D eigenvalue weighted by Crippen LogP contribution is 2.21. The molecule has 0 spiro atoms. The van der Waals surface area contributed by atoms with Gasteiger partial charge in [0.05, 0.1) is 16.8 Å². The Kier molecular flexibility index (Phi) is 4.19. The molecule has 0 saturated heterocycles. The van der Waals surface area contributed by atoms with Crippen LogP contribution in [0.5, 0.6) is 0 Å². The fourth-order valence-corrected chi connectivity index (χ4v) is 2.04. The molecule has 0 unspecified atom stereocenters. The van der Waals surface area contributed by atoms with E-state index in [1.165, 1.54) is 24.3 Å². The summed E-state index contributed by atoms with van der Waals surface area (Å²) in [6.07, 6.45) is 0. The maximum atomic E-state index is 13.1. The lowest BCUT2D eigenvalue weighted by Gasteiger charge is -2.20. The van der Waals surface area contributed by atoms with Crippen molar-refractivity contribution in [2.24, 2.45) is 0 Å². The van der Waals surface area contributed by atoms with Gasteiger partial charge in [-0.05, 0) is 35.9 Å². The maximum Gasteiger partial charge on any atom is 0.335 e. The van der Waals surface area contributed by atoms with Gasteiger partial charge in [-0.25, -0.2) is 9.18 Å². The summed E-state index contributed by atoms with van der Waals surface area (Å²) in [5, 5.41) is 17.9. The minimum Gasteiger partial charge on any atom is -0.478 e. The lowest BCUT2D eigenvalue weighted by Crippen LogP contribution is -2.17. The van der Waals surface area contributed by atoms with E-state index in [2.05, 4.69) is 0 Å². The molecular formula is C16H13FN2O2. The Hall–Kier alpha value is -2.87. The molecule has 2 aromatic carbocycles. The summed E-state index contributed by atoms with van der Waals surface area (Å²) >= 11 is 0. The zero-order valence-corrected chi connectivity index (χ0v) is 11.4. The normalized spacial score (nSPS) is 9.95. The van der Waals surface area contributed by atoms with Crippen molar-refractivity contribution in [1.29, 1.82) is 5.26 Å². The van der Waals surface area contributed by atoms with Crippen molar-refractivity contribution in [2.75, 3.05) is 11.9 Å². The van der Waals surface area contributed by atoms with Crippen LogP contribution in [0.25, 0.3) is 0 Å². The first-order valence-electron chi connectivity index (χ1n) is 6.24. The highest BCUT2D eigenvalue weighted by molar-refractivity contribution is 5.87. The first-order valence-corrected chi connectivity index (χ1v) is 6.24. The standard InChI is InChI=1S/C16H13FN2O2/c1-19(15-7-6-14(17)8-13(15)9-18)10-11-2-4-12(5-3-11)16(20)21/h2-8H,10H2,1H3,(H,20,21). The number of nitriles is 1. The van der Waals surface area contributed by atoms with Gasteiger partial charge in [-0.15, -0.1) is 0 Å². The predicted molar refractivity (Wildman–Crippen MR) is 76.6 cm³/mol. The third kappa shape index (κ3) is 3.37. The Morgan fingerprint density at radius 1 is 1.29 bits per heavy atom. The van der Waals surface area contributed by atoms with Crippen molar-refractivity contribution >= 4 is 11.7 Å². The number of nitrogens with zero attached hydrogens (tertiary/aromatic N) is 2. The topological polar surface area (TPSA) is 64.3 Å². The zero-order valence-electron chi connectivity index (χ0n) is 11.4. The lowest BCUT2D eigenvalue weighted by molar-refractivity contribution is 0.0697. The fourth-order valence-electron chi connectivity index (χ4n) is 2.04. The van der Waals surface area contributed by atoms with Crippen molar-refractivity contribution in [3.63, 3.8) is 0 Å². The second-order valence-electron chi connectivity index (χ2n) is 4.63. The first-order chi connectivity index (χ1) is 10.0. The summed E-state index contributed by atoms with van der Waals surface area (Å²) in [4.78, 5) is 12.6. The molecule has 2 aromatic rings. The number of hydrogen-bond donors (Lipinski definition) is 1. The van der Waals surface area contributed by atoms with E-state index in [0.717, 1.165) is 5.56 Å². The van der Waals surface area contributed by atoms with Gasteiger partial charge >= 0.3 is 5.97 Å². The van der Waals surface area contributed by atoms with Crippen LogP contribution in [0.4, 0.5) is 10.1 Å². The number of hydrogen-bond acceptors (Lipinski definition) is 3. The Labute approximate surface area is 121 Å². The summed E-state index contributed by atoms with van der Waals surface area (Å²) in [6, 6.07) is 12.5. The van der Waals surface area contributed by atoms with Crippen LogP contribution < -0.4 is 4.90 Å². The molecule has 0 aliphatic heterocycles. The van der Waals surface area contributed by atoms with E-state index in [9.17, 15) is 9.18 Å². The summed E-state index contributed by atoms with van der Waals surface area (Å²) in [5.74, 6) is -1.42. The van der Waals surface area contributed by atoms with E-state index >= 15 is 0 Å². The van der Waals surface area contributed by atoms with Crippen LogP contribution in [-0.4, -0.2) is 18.1 Å². The Morgan fingerprint density at radius 3 is 2.52 bits per heavy atom. The molecule has 0 fully saturated rings. The van der Waals surface area contributed by atoms with Crippen LogP contribution in [0.15, 0.2) is 42.5 Å². The number of anilines is 1. The van der Waals surface area contributed by atoms with Crippen molar-refractivity contribution in [1.82, 2.24) is 0 Å². The Morgan fingerprint density at radius 2 is 1.95 bits per heavy atom. The van der Waals surface area contributed by atoms with Crippen LogP contribution in [0, 0.1) is 17.1 Å². The van der Waals surface area contributed by atoms with Crippen molar-refractivity contribution < 1.29 is 14.3 Å². The second-order valence-corrected chi connectivity index (χ2v) is 4.63. The molecule has 0 aromatic heterocycles. The Balaban J connectivity index is 2.20. The van der Waals surface area contributed by atoms with E-state index in [4.69, 9.17) is 10.4 Å². The smallest absolute Gasteiger partial charge is 0.335 e. The van der Waals surface area contributed by atoms with E-state index in [-0.39, 0.29) is 11.1 Å². The van der Waals surface area contributed by atoms with Crippen LogP contribution >= 0.6 is 0 Å². The van der Waals surface area contributed by atoms with Gasteiger partial charge in [0.15, 0.2) is 0 Å². The molecule has 1 N–H and O–H groups in total. The van der Waals surface area contributed by atoms with Crippen LogP contribution in [0.1, 0.15) is 21.5 Å². The summed E-state index contributed by atoms with van der Waals surface area (Å²) < 4.78 is 13.1. The molecule has 0 atom stereocenters. The lowest BCUT2D eigenvalue weighted by atomic mass is 10.1. The number of aromatic carboxylic acids is 1. The molecule has 21 heavy (non-hydrogen) atoms. The van der Waals surface area contributed by atoms with Crippen molar-refractivity contribution in [3.05, 3.63) is 65.0 Å². The van der Waals surface area contributed by atoms with Gasteiger partial charge in [0.25, 0.3) is 0 Å². The van der Waals surface area contributed by atoms with Crippen molar-refractivity contribution in [3.8, 4) is 6.07 Å². The summed E-state index contributed by atoms with van der Waals surface area (Å²) in [6.45, 7) is 0.486.